The third kappa shape index (κ3) is 2.63. The smallest absolute Gasteiger partial charge is 0.225 e. The third-order valence-corrected chi connectivity index (χ3v) is 9.99. The van der Waals surface area contributed by atoms with Gasteiger partial charge in [-0.1, -0.05) is 78.9 Å². The second kappa shape index (κ2) is 7.51. The summed E-state index contributed by atoms with van der Waals surface area (Å²) in [6.45, 7) is 0. The number of fused-ring (bicyclic) bond motifs is 13. The van der Waals surface area contributed by atoms with E-state index in [1.165, 1.54) is 51.9 Å². The van der Waals surface area contributed by atoms with Crippen LogP contribution >= 0.6 is 34.3 Å². The number of halogens is 1. The van der Waals surface area contributed by atoms with Gasteiger partial charge in [0.2, 0.25) is 5.28 Å². The molecule has 0 spiro atoms. The lowest BCUT2D eigenvalue weighted by molar-refractivity contribution is 1.08. The van der Waals surface area contributed by atoms with Crippen LogP contribution in [0.4, 0.5) is 0 Å². The second-order valence-electron chi connectivity index (χ2n) is 9.52. The van der Waals surface area contributed by atoms with Crippen LogP contribution in [0, 0.1) is 0 Å². The summed E-state index contributed by atoms with van der Waals surface area (Å²) in [7, 11) is 0. The van der Waals surface area contributed by atoms with Crippen molar-refractivity contribution in [1.82, 2.24) is 14.5 Å². The van der Waals surface area contributed by atoms with Crippen LogP contribution in [0.25, 0.3) is 78.9 Å². The standard InChI is InChI=1S/C32H16ClN3S2/c33-32-34-30(27-21-13-5-8-16-24(21)38-31(27)35-32)36-22-14-6-3-11-19(22)25-17-9-1-2-10-18(17)29-26(28(25)36)20-12-4-7-15-23(20)37-29/h1-16H. The van der Waals surface area contributed by atoms with Crippen LogP contribution in [0.15, 0.2) is 97.1 Å². The molecule has 4 heterocycles. The minimum absolute atomic E-state index is 0.261. The van der Waals surface area contributed by atoms with Crippen LogP contribution in [0.2, 0.25) is 5.28 Å². The average Bonchev–Trinajstić information content (AvgIpc) is 3.62. The van der Waals surface area contributed by atoms with Crippen molar-refractivity contribution >= 4 is 107 Å². The Morgan fingerprint density at radius 2 is 1.16 bits per heavy atom. The lowest BCUT2D eigenvalue weighted by Crippen LogP contribution is -2.00. The fourth-order valence-electron chi connectivity index (χ4n) is 6.08. The van der Waals surface area contributed by atoms with Crippen molar-refractivity contribution in [3.05, 3.63) is 102 Å². The molecule has 0 fully saturated rings. The molecule has 9 aromatic rings. The van der Waals surface area contributed by atoms with Crippen molar-refractivity contribution in [3.63, 3.8) is 0 Å². The zero-order valence-corrected chi connectivity index (χ0v) is 22.2. The quantitative estimate of drug-likeness (QED) is 0.193. The Balaban J connectivity index is 1.65. The fourth-order valence-corrected chi connectivity index (χ4v) is 8.61. The highest BCUT2D eigenvalue weighted by Gasteiger charge is 2.24. The minimum atomic E-state index is 0.261. The molecule has 0 saturated heterocycles. The van der Waals surface area contributed by atoms with Crippen molar-refractivity contribution in [2.24, 2.45) is 0 Å². The first kappa shape index (κ1) is 21.0. The van der Waals surface area contributed by atoms with Gasteiger partial charge in [0, 0.05) is 46.4 Å². The highest BCUT2D eigenvalue weighted by Crippen LogP contribution is 2.48. The molecule has 178 valence electrons. The van der Waals surface area contributed by atoms with Crippen LogP contribution in [0.1, 0.15) is 0 Å². The van der Waals surface area contributed by atoms with Gasteiger partial charge in [0.15, 0.2) is 5.82 Å². The number of hydrogen-bond donors (Lipinski definition) is 0. The summed E-state index contributed by atoms with van der Waals surface area (Å²) in [4.78, 5) is 10.5. The molecule has 0 unspecified atom stereocenters. The molecule has 38 heavy (non-hydrogen) atoms. The number of nitrogens with zero attached hydrogens (tertiary/aromatic N) is 3. The number of benzene rings is 5. The molecule has 9 rings (SSSR count). The number of aromatic nitrogens is 3. The van der Waals surface area contributed by atoms with Gasteiger partial charge in [0.1, 0.15) is 4.83 Å². The largest absolute Gasteiger partial charge is 0.292 e. The van der Waals surface area contributed by atoms with Gasteiger partial charge in [-0.15, -0.1) is 22.7 Å². The van der Waals surface area contributed by atoms with E-state index in [0.29, 0.717) is 0 Å². The van der Waals surface area contributed by atoms with Gasteiger partial charge >= 0.3 is 0 Å². The molecule has 0 amide bonds. The van der Waals surface area contributed by atoms with Gasteiger partial charge in [0.05, 0.1) is 16.4 Å². The molecule has 0 aliphatic carbocycles. The van der Waals surface area contributed by atoms with Crippen LogP contribution in [0.3, 0.4) is 0 Å². The van der Waals surface area contributed by atoms with Crippen molar-refractivity contribution in [1.29, 1.82) is 0 Å². The van der Waals surface area contributed by atoms with Gasteiger partial charge in [-0.25, -0.2) is 4.98 Å². The maximum absolute atomic E-state index is 6.63. The summed E-state index contributed by atoms with van der Waals surface area (Å²) in [5, 5.41) is 9.96. The van der Waals surface area contributed by atoms with E-state index in [4.69, 9.17) is 16.6 Å². The molecule has 4 aromatic heterocycles. The normalized spacial score (nSPS) is 12.3. The van der Waals surface area contributed by atoms with E-state index >= 15 is 0 Å². The number of rotatable bonds is 1. The molecule has 0 aliphatic rings. The maximum Gasteiger partial charge on any atom is 0.225 e. The third-order valence-electron chi connectivity index (χ3n) is 7.55. The first-order valence-corrected chi connectivity index (χ1v) is 14.4. The van der Waals surface area contributed by atoms with Gasteiger partial charge in [-0.2, -0.15) is 4.98 Å². The summed E-state index contributed by atoms with van der Waals surface area (Å²) >= 11 is 10.2. The maximum atomic E-state index is 6.63. The van der Waals surface area contributed by atoms with Gasteiger partial charge in [-0.3, -0.25) is 4.57 Å². The van der Waals surface area contributed by atoms with Crippen LogP contribution in [-0.4, -0.2) is 14.5 Å². The Kier molecular flexibility index (Phi) is 4.14. The number of thiophene rings is 2. The summed E-state index contributed by atoms with van der Waals surface area (Å²) in [5.74, 6) is 0.829. The highest BCUT2D eigenvalue weighted by atomic mass is 35.5. The summed E-state index contributed by atoms with van der Waals surface area (Å²) < 4.78 is 6.10. The molecule has 0 atom stereocenters. The van der Waals surface area contributed by atoms with E-state index < -0.39 is 0 Å². The number of para-hydroxylation sites is 1. The van der Waals surface area contributed by atoms with E-state index in [0.717, 1.165) is 26.9 Å². The second-order valence-corrected chi connectivity index (χ2v) is 11.9. The average molecular weight is 542 g/mol. The molecule has 0 N–H and O–H groups in total. The molecule has 6 heteroatoms. The molecule has 0 bridgehead atoms. The Bertz CT molecular complexity index is 2430. The minimum Gasteiger partial charge on any atom is -0.292 e. The van der Waals surface area contributed by atoms with Gasteiger partial charge in [-0.05, 0) is 35.2 Å². The first-order valence-electron chi connectivity index (χ1n) is 12.4. The number of hydrogen-bond acceptors (Lipinski definition) is 4. The SMILES string of the molecule is Clc1nc(-n2c3ccccc3c3c4ccccc4c4sc5ccccc5c4c32)c2c(n1)sc1ccccc12. The first-order chi connectivity index (χ1) is 18.8. The monoisotopic (exact) mass is 541 g/mol. The lowest BCUT2D eigenvalue weighted by Gasteiger charge is -2.11. The predicted molar refractivity (Wildman–Crippen MR) is 165 cm³/mol. The van der Waals surface area contributed by atoms with Crippen molar-refractivity contribution in [2.45, 2.75) is 0 Å². The van der Waals surface area contributed by atoms with Crippen molar-refractivity contribution in [3.8, 4) is 5.82 Å². The van der Waals surface area contributed by atoms with Gasteiger partial charge in [0.25, 0.3) is 0 Å². The molecular weight excluding hydrogens is 526 g/mol. The van der Waals surface area contributed by atoms with E-state index in [1.54, 1.807) is 11.3 Å². The Hall–Kier alpha value is -4.03. The summed E-state index contributed by atoms with van der Waals surface area (Å²) in [5.41, 5.74) is 2.28. The van der Waals surface area contributed by atoms with Crippen molar-refractivity contribution < 1.29 is 0 Å². The molecule has 0 aliphatic heterocycles. The zero-order chi connectivity index (χ0) is 25.0. The molecule has 5 aromatic carbocycles. The van der Waals surface area contributed by atoms with Crippen LogP contribution < -0.4 is 0 Å². The Morgan fingerprint density at radius 1 is 0.553 bits per heavy atom. The highest BCUT2D eigenvalue weighted by molar-refractivity contribution is 7.27. The lowest BCUT2D eigenvalue weighted by atomic mass is 10.00. The van der Waals surface area contributed by atoms with Gasteiger partial charge < -0.3 is 0 Å². The predicted octanol–water partition coefficient (Wildman–Crippen LogP) is 10.1. The van der Waals surface area contributed by atoms with E-state index in [2.05, 4.69) is 107 Å². The van der Waals surface area contributed by atoms with Crippen molar-refractivity contribution in [2.75, 3.05) is 0 Å². The summed E-state index contributed by atoms with van der Waals surface area (Å²) in [6.07, 6.45) is 0. The fraction of sp³-hybridized carbons (Fsp3) is 0. The van der Waals surface area contributed by atoms with Crippen LogP contribution in [-0.2, 0) is 0 Å². The Morgan fingerprint density at radius 3 is 1.95 bits per heavy atom. The zero-order valence-electron chi connectivity index (χ0n) is 19.8. The topological polar surface area (TPSA) is 30.7 Å². The van der Waals surface area contributed by atoms with Crippen LogP contribution in [0.5, 0.6) is 0 Å². The molecule has 0 saturated carbocycles. The van der Waals surface area contributed by atoms with E-state index in [1.807, 2.05) is 11.3 Å². The molecule has 0 radical (unpaired) electrons. The summed E-state index contributed by atoms with van der Waals surface area (Å²) in [6, 6.07) is 34.6. The molecular formula is C32H16ClN3S2. The van der Waals surface area contributed by atoms with E-state index in [-0.39, 0.29) is 5.28 Å². The Labute approximate surface area is 229 Å². The van der Waals surface area contributed by atoms with E-state index in [9.17, 15) is 0 Å². The molecule has 3 nitrogen and oxygen atoms in total.